The third-order valence-electron chi connectivity index (χ3n) is 3.56. The quantitative estimate of drug-likeness (QED) is 0.790. The van der Waals surface area contributed by atoms with Crippen LogP contribution in [0.3, 0.4) is 0 Å². The summed E-state index contributed by atoms with van der Waals surface area (Å²) in [5.74, 6) is -0.890. The number of para-hydroxylation sites is 1. The summed E-state index contributed by atoms with van der Waals surface area (Å²) in [4.78, 5) is 39.0. The molecule has 0 radical (unpaired) electrons. The van der Waals surface area contributed by atoms with Crippen molar-refractivity contribution >= 4 is 23.5 Å². The SMILES string of the molecule is C[C@H](OC(=O)c1ccccc1N1CCCC1=O)C(=O)N(C)C. The Bertz CT molecular complexity index is 598. The summed E-state index contributed by atoms with van der Waals surface area (Å²) in [5.41, 5.74) is 0.843. The first-order chi connectivity index (χ1) is 10.4. The number of likely N-dealkylation sites (N-methyl/N-ethyl adjacent to an activating group) is 1. The van der Waals surface area contributed by atoms with Crippen molar-refractivity contribution in [2.24, 2.45) is 0 Å². The highest BCUT2D eigenvalue weighted by atomic mass is 16.5. The van der Waals surface area contributed by atoms with Crippen LogP contribution in [0.4, 0.5) is 5.69 Å². The van der Waals surface area contributed by atoms with Crippen LogP contribution in [0.25, 0.3) is 0 Å². The van der Waals surface area contributed by atoms with Crippen molar-refractivity contribution in [1.29, 1.82) is 0 Å². The van der Waals surface area contributed by atoms with Gasteiger partial charge in [-0.15, -0.1) is 0 Å². The van der Waals surface area contributed by atoms with E-state index in [2.05, 4.69) is 0 Å². The number of benzene rings is 1. The van der Waals surface area contributed by atoms with Crippen molar-refractivity contribution in [2.45, 2.75) is 25.9 Å². The van der Waals surface area contributed by atoms with Gasteiger partial charge in [0.15, 0.2) is 6.10 Å². The van der Waals surface area contributed by atoms with Gasteiger partial charge in [0.05, 0.1) is 11.3 Å². The van der Waals surface area contributed by atoms with Crippen LogP contribution in [0, 0.1) is 0 Å². The second-order valence-corrected chi connectivity index (χ2v) is 5.45. The molecule has 0 unspecified atom stereocenters. The summed E-state index contributed by atoms with van der Waals surface area (Å²) in [5, 5.41) is 0. The van der Waals surface area contributed by atoms with Crippen LogP contribution < -0.4 is 4.90 Å². The molecule has 1 heterocycles. The number of hydrogen-bond acceptors (Lipinski definition) is 4. The third-order valence-corrected chi connectivity index (χ3v) is 3.56. The molecule has 0 spiro atoms. The van der Waals surface area contributed by atoms with Gasteiger partial charge in [0.1, 0.15) is 0 Å². The van der Waals surface area contributed by atoms with E-state index in [-0.39, 0.29) is 11.8 Å². The summed E-state index contributed by atoms with van der Waals surface area (Å²) in [6.45, 7) is 2.12. The Morgan fingerprint density at radius 1 is 1.27 bits per heavy atom. The number of esters is 1. The first-order valence-electron chi connectivity index (χ1n) is 7.23. The van der Waals surface area contributed by atoms with Gasteiger partial charge in [-0.2, -0.15) is 0 Å². The number of carbonyl (C=O) groups excluding carboxylic acids is 3. The summed E-state index contributed by atoms with van der Waals surface area (Å²) in [6.07, 6.45) is 0.390. The molecule has 22 heavy (non-hydrogen) atoms. The number of carbonyl (C=O) groups is 3. The van der Waals surface area contributed by atoms with E-state index in [4.69, 9.17) is 4.74 Å². The van der Waals surface area contributed by atoms with Gasteiger partial charge >= 0.3 is 5.97 Å². The third kappa shape index (κ3) is 3.27. The predicted molar refractivity (Wildman–Crippen MR) is 81.6 cm³/mol. The number of hydrogen-bond donors (Lipinski definition) is 0. The van der Waals surface area contributed by atoms with Gasteiger partial charge in [-0.05, 0) is 25.5 Å². The minimum atomic E-state index is -0.871. The van der Waals surface area contributed by atoms with E-state index in [0.717, 1.165) is 6.42 Å². The van der Waals surface area contributed by atoms with E-state index in [1.807, 2.05) is 0 Å². The summed E-state index contributed by atoms with van der Waals surface area (Å²) >= 11 is 0. The molecule has 2 amide bonds. The zero-order valence-electron chi connectivity index (χ0n) is 13.0. The average Bonchev–Trinajstić information content (AvgIpc) is 2.92. The van der Waals surface area contributed by atoms with E-state index >= 15 is 0 Å². The molecule has 0 bridgehead atoms. The zero-order chi connectivity index (χ0) is 16.3. The fourth-order valence-electron chi connectivity index (χ4n) is 2.42. The standard InChI is InChI=1S/C16H20N2O4/c1-11(15(20)17(2)3)22-16(21)12-7-4-5-8-13(12)18-10-6-9-14(18)19/h4-5,7-8,11H,6,9-10H2,1-3H3/t11-/m0/s1. The topological polar surface area (TPSA) is 66.9 Å². The largest absolute Gasteiger partial charge is 0.449 e. The summed E-state index contributed by atoms with van der Waals surface area (Å²) in [7, 11) is 3.20. The number of ether oxygens (including phenoxy) is 1. The van der Waals surface area contributed by atoms with E-state index in [1.54, 1.807) is 43.3 Å². The molecule has 0 aliphatic carbocycles. The van der Waals surface area contributed by atoms with E-state index in [9.17, 15) is 14.4 Å². The number of amides is 2. The van der Waals surface area contributed by atoms with Gasteiger partial charge in [0, 0.05) is 27.1 Å². The van der Waals surface area contributed by atoms with Crippen molar-refractivity contribution in [1.82, 2.24) is 4.90 Å². The molecule has 1 saturated heterocycles. The van der Waals surface area contributed by atoms with Gasteiger partial charge < -0.3 is 14.5 Å². The van der Waals surface area contributed by atoms with Crippen LogP contribution in [0.2, 0.25) is 0 Å². The highest BCUT2D eigenvalue weighted by molar-refractivity contribution is 6.04. The fourth-order valence-corrected chi connectivity index (χ4v) is 2.42. The number of nitrogens with zero attached hydrogens (tertiary/aromatic N) is 2. The van der Waals surface area contributed by atoms with Crippen molar-refractivity contribution in [3.63, 3.8) is 0 Å². The molecule has 1 aliphatic heterocycles. The van der Waals surface area contributed by atoms with Gasteiger partial charge in [0.2, 0.25) is 5.91 Å². The summed E-state index contributed by atoms with van der Waals surface area (Å²) in [6, 6.07) is 6.81. The van der Waals surface area contributed by atoms with Gasteiger partial charge in [-0.25, -0.2) is 4.79 Å². The molecule has 0 N–H and O–H groups in total. The summed E-state index contributed by atoms with van der Waals surface area (Å²) < 4.78 is 5.23. The molecule has 1 atom stereocenters. The van der Waals surface area contributed by atoms with E-state index in [1.165, 1.54) is 11.8 Å². The minimum absolute atomic E-state index is 0.00216. The van der Waals surface area contributed by atoms with Crippen LogP contribution >= 0.6 is 0 Å². The Balaban J connectivity index is 2.20. The normalized spacial score (nSPS) is 15.6. The maximum Gasteiger partial charge on any atom is 0.341 e. The van der Waals surface area contributed by atoms with Crippen LogP contribution in [0.1, 0.15) is 30.1 Å². The number of rotatable bonds is 4. The molecular formula is C16H20N2O4. The monoisotopic (exact) mass is 304 g/mol. The lowest BCUT2D eigenvalue weighted by Gasteiger charge is -2.21. The number of anilines is 1. The lowest BCUT2D eigenvalue weighted by atomic mass is 10.1. The molecule has 1 aromatic carbocycles. The molecule has 1 fully saturated rings. The molecule has 1 aromatic rings. The molecule has 6 heteroatoms. The maximum atomic E-state index is 12.3. The molecule has 1 aliphatic rings. The van der Waals surface area contributed by atoms with Crippen molar-refractivity contribution in [3.8, 4) is 0 Å². The Hall–Kier alpha value is -2.37. The van der Waals surface area contributed by atoms with Crippen LogP contribution in [0.15, 0.2) is 24.3 Å². The Kier molecular flexibility index (Phi) is 4.80. The molecule has 118 valence electrons. The average molecular weight is 304 g/mol. The second kappa shape index (κ2) is 6.60. The molecule has 0 aromatic heterocycles. The molecule has 0 saturated carbocycles. The molecule has 6 nitrogen and oxygen atoms in total. The van der Waals surface area contributed by atoms with Crippen LogP contribution in [-0.2, 0) is 14.3 Å². The van der Waals surface area contributed by atoms with Crippen molar-refractivity contribution < 1.29 is 19.1 Å². The zero-order valence-corrected chi connectivity index (χ0v) is 13.0. The van der Waals surface area contributed by atoms with Gasteiger partial charge in [0.25, 0.3) is 5.91 Å². The van der Waals surface area contributed by atoms with Gasteiger partial charge in [-0.1, -0.05) is 12.1 Å². The maximum absolute atomic E-state index is 12.3. The van der Waals surface area contributed by atoms with Crippen LogP contribution in [0.5, 0.6) is 0 Å². The predicted octanol–water partition coefficient (Wildman–Crippen LogP) is 1.45. The molecule has 2 rings (SSSR count). The van der Waals surface area contributed by atoms with Crippen LogP contribution in [-0.4, -0.2) is 49.4 Å². The van der Waals surface area contributed by atoms with Gasteiger partial charge in [-0.3, -0.25) is 9.59 Å². The Labute approximate surface area is 129 Å². The fraction of sp³-hybridized carbons (Fsp3) is 0.438. The lowest BCUT2D eigenvalue weighted by Crippen LogP contribution is -2.35. The van der Waals surface area contributed by atoms with E-state index < -0.39 is 12.1 Å². The Morgan fingerprint density at radius 2 is 1.95 bits per heavy atom. The highest BCUT2D eigenvalue weighted by Crippen LogP contribution is 2.26. The highest BCUT2D eigenvalue weighted by Gasteiger charge is 2.27. The lowest BCUT2D eigenvalue weighted by molar-refractivity contribution is -0.137. The smallest absolute Gasteiger partial charge is 0.341 e. The van der Waals surface area contributed by atoms with Crippen molar-refractivity contribution in [3.05, 3.63) is 29.8 Å². The van der Waals surface area contributed by atoms with Crippen molar-refractivity contribution in [2.75, 3.05) is 25.5 Å². The first-order valence-corrected chi connectivity index (χ1v) is 7.23. The minimum Gasteiger partial charge on any atom is -0.449 e. The molecular weight excluding hydrogens is 284 g/mol. The van der Waals surface area contributed by atoms with E-state index in [0.29, 0.717) is 24.2 Å². The first kappa shape index (κ1) is 16.0. The second-order valence-electron chi connectivity index (χ2n) is 5.45. The Morgan fingerprint density at radius 3 is 2.55 bits per heavy atom.